The molecule has 1 aromatic heterocycles. The van der Waals surface area contributed by atoms with E-state index < -0.39 is 30.2 Å². The minimum atomic E-state index is -1.22. The fraction of sp³-hybridized carbons (Fsp3) is 0.455. The van der Waals surface area contributed by atoms with Crippen LogP contribution in [-0.2, 0) is 4.74 Å². The third-order valence-electron chi connectivity index (χ3n) is 2.78. The van der Waals surface area contributed by atoms with Gasteiger partial charge in [-0.15, -0.1) is 6.42 Å². The van der Waals surface area contributed by atoms with Gasteiger partial charge in [-0.1, -0.05) is 5.92 Å². The predicted octanol–water partition coefficient (Wildman–Crippen LogP) is -1.53. The van der Waals surface area contributed by atoms with Gasteiger partial charge in [-0.25, -0.2) is 4.79 Å². The third-order valence-corrected chi connectivity index (χ3v) is 2.78. The Hall–Kier alpha value is -1.88. The van der Waals surface area contributed by atoms with E-state index in [-0.39, 0.29) is 12.2 Å². The van der Waals surface area contributed by atoms with E-state index in [2.05, 4.69) is 10.9 Å². The number of nitrogens with zero attached hydrogens (tertiary/aromatic N) is 2. The number of rotatable bonds is 2. The minimum Gasteiger partial charge on any atom is -0.390 e. The summed E-state index contributed by atoms with van der Waals surface area (Å²) in [5, 5.41) is 19.2. The highest BCUT2D eigenvalue weighted by molar-refractivity contribution is 5.23. The summed E-state index contributed by atoms with van der Waals surface area (Å²) in [6.07, 6.45) is 2.84. The highest BCUT2D eigenvalue weighted by Crippen LogP contribution is 2.29. The lowest BCUT2D eigenvalue weighted by atomic mass is 10.1. The second-order valence-electron chi connectivity index (χ2n) is 4.01. The smallest absolute Gasteiger partial charge is 0.351 e. The van der Waals surface area contributed by atoms with Gasteiger partial charge in [-0.05, 0) is 6.07 Å². The molecule has 0 aliphatic carbocycles. The van der Waals surface area contributed by atoms with Crippen LogP contribution < -0.4 is 11.4 Å². The van der Waals surface area contributed by atoms with Gasteiger partial charge >= 0.3 is 5.69 Å². The van der Waals surface area contributed by atoms with Crippen molar-refractivity contribution in [3.63, 3.8) is 0 Å². The maximum atomic E-state index is 11.6. The summed E-state index contributed by atoms with van der Waals surface area (Å²) < 4.78 is 6.57. The number of hydrogen-bond donors (Lipinski definition) is 3. The lowest BCUT2D eigenvalue weighted by molar-refractivity contribution is -0.0655. The van der Waals surface area contributed by atoms with Crippen molar-refractivity contribution in [3.05, 3.63) is 22.7 Å². The van der Waals surface area contributed by atoms with Crippen LogP contribution in [0.5, 0.6) is 0 Å². The quantitative estimate of drug-likeness (QED) is 0.550. The van der Waals surface area contributed by atoms with Crippen molar-refractivity contribution >= 4 is 5.82 Å². The molecule has 0 bridgehead atoms. The average Bonchev–Trinajstić information content (AvgIpc) is 2.70. The van der Waals surface area contributed by atoms with E-state index >= 15 is 0 Å². The maximum Gasteiger partial charge on any atom is 0.351 e. The molecule has 0 radical (unpaired) electrons. The molecule has 2 heterocycles. The molecule has 1 fully saturated rings. The second-order valence-corrected chi connectivity index (χ2v) is 4.01. The monoisotopic (exact) mass is 251 g/mol. The molecule has 4 N–H and O–H groups in total. The first-order chi connectivity index (χ1) is 8.52. The third kappa shape index (κ3) is 2.22. The number of aliphatic hydroxyl groups excluding tert-OH is 2. The Bertz CT molecular complexity index is 536. The Kier molecular flexibility index (Phi) is 3.34. The van der Waals surface area contributed by atoms with Crippen LogP contribution in [0.15, 0.2) is 17.1 Å². The molecule has 96 valence electrons. The molecule has 4 unspecified atom stereocenters. The molecule has 1 aliphatic rings. The Labute approximate surface area is 103 Å². The number of hydrogen-bond acceptors (Lipinski definition) is 6. The van der Waals surface area contributed by atoms with Gasteiger partial charge in [0.15, 0.2) is 0 Å². The van der Waals surface area contributed by atoms with Gasteiger partial charge in [0.1, 0.15) is 24.3 Å². The second kappa shape index (κ2) is 4.78. The van der Waals surface area contributed by atoms with E-state index in [0.29, 0.717) is 0 Å². The first kappa shape index (κ1) is 12.6. The van der Waals surface area contributed by atoms with Crippen LogP contribution in [0.2, 0.25) is 0 Å². The fourth-order valence-electron chi connectivity index (χ4n) is 1.87. The molecule has 0 saturated carbocycles. The zero-order valence-electron chi connectivity index (χ0n) is 9.43. The standard InChI is InChI=1S/C11H13N3O4/c1-2-6(15)10-7(16)5-9(18-10)14-4-3-8(12)13-11(14)17/h1,3-4,6-7,9-10,15-16H,5H2,(H2,12,13,17). The van der Waals surface area contributed by atoms with Crippen molar-refractivity contribution in [1.82, 2.24) is 9.55 Å². The van der Waals surface area contributed by atoms with Crippen molar-refractivity contribution < 1.29 is 14.9 Å². The molecule has 2 rings (SSSR count). The molecule has 1 aromatic rings. The number of terminal acetylenes is 1. The Morgan fingerprint density at radius 2 is 2.44 bits per heavy atom. The number of anilines is 1. The molecular weight excluding hydrogens is 238 g/mol. The Morgan fingerprint density at radius 3 is 3.06 bits per heavy atom. The first-order valence-electron chi connectivity index (χ1n) is 5.35. The summed E-state index contributed by atoms with van der Waals surface area (Å²) in [4.78, 5) is 15.1. The van der Waals surface area contributed by atoms with E-state index in [0.717, 1.165) is 0 Å². The molecular formula is C11H13N3O4. The highest BCUT2D eigenvalue weighted by Gasteiger charge is 2.39. The van der Waals surface area contributed by atoms with Crippen LogP contribution in [0.1, 0.15) is 12.6 Å². The number of nitrogen functional groups attached to an aromatic ring is 1. The van der Waals surface area contributed by atoms with Crippen LogP contribution in [-0.4, -0.2) is 38.1 Å². The van der Waals surface area contributed by atoms with Gasteiger partial charge < -0.3 is 20.7 Å². The number of aromatic nitrogens is 2. The summed E-state index contributed by atoms with van der Waals surface area (Å²) in [5.74, 6) is 2.19. The summed E-state index contributed by atoms with van der Waals surface area (Å²) in [5.41, 5.74) is 4.79. The van der Waals surface area contributed by atoms with Crippen molar-refractivity contribution in [3.8, 4) is 12.3 Å². The molecule has 7 nitrogen and oxygen atoms in total. The molecule has 0 amide bonds. The largest absolute Gasteiger partial charge is 0.390 e. The normalized spacial score (nSPS) is 28.8. The molecule has 1 aliphatic heterocycles. The minimum absolute atomic E-state index is 0.106. The van der Waals surface area contributed by atoms with Crippen LogP contribution in [0, 0.1) is 12.3 Å². The summed E-state index contributed by atoms with van der Waals surface area (Å²) >= 11 is 0. The van der Waals surface area contributed by atoms with Gasteiger partial charge in [-0.2, -0.15) is 4.98 Å². The van der Waals surface area contributed by atoms with Crippen LogP contribution in [0.4, 0.5) is 5.82 Å². The predicted molar refractivity (Wildman–Crippen MR) is 62.3 cm³/mol. The van der Waals surface area contributed by atoms with Crippen molar-refractivity contribution in [1.29, 1.82) is 0 Å². The molecule has 4 atom stereocenters. The highest BCUT2D eigenvalue weighted by atomic mass is 16.5. The Morgan fingerprint density at radius 1 is 1.72 bits per heavy atom. The van der Waals surface area contributed by atoms with Gasteiger partial charge in [0.05, 0.1) is 6.10 Å². The van der Waals surface area contributed by atoms with E-state index in [4.69, 9.17) is 16.9 Å². The molecule has 0 aromatic carbocycles. The molecule has 18 heavy (non-hydrogen) atoms. The topological polar surface area (TPSA) is 111 Å². The van der Waals surface area contributed by atoms with Crippen LogP contribution >= 0.6 is 0 Å². The van der Waals surface area contributed by atoms with Crippen LogP contribution in [0.3, 0.4) is 0 Å². The van der Waals surface area contributed by atoms with Crippen molar-refractivity contribution in [2.75, 3.05) is 5.73 Å². The molecule has 0 spiro atoms. The SMILES string of the molecule is C#CC(O)C1OC(n2ccc(N)nc2=O)CC1O. The van der Waals surface area contributed by atoms with Gasteiger partial charge in [0, 0.05) is 12.6 Å². The lowest BCUT2D eigenvalue weighted by Gasteiger charge is -2.17. The number of ether oxygens (including phenoxy) is 1. The van der Waals surface area contributed by atoms with E-state index in [1.54, 1.807) is 0 Å². The first-order valence-corrected chi connectivity index (χ1v) is 5.35. The van der Waals surface area contributed by atoms with Gasteiger partial charge in [0.25, 0.3) is 0 Å². The number of nitrogens with two attached hydrogens (primary N) is 1. The zero-order valence-corrected chi connectivity index (χ0v) is 9.43. The molecule has 1 saturated heterocycles. The lowest BCUT2D eigenvalue weighted by Crippen LogP contribution is -2.33. The van der Waals surface area contributed by atoms with E-state index in [1.165, 1.54) is 16.8 Å². The molecule has 7 heteroatoms. The zero-order chi connectivity index (χ0) is 13.3. The van der Waals surface area contributed by atoms with Crippen LogP contribution in [0.25, 0.3) is 0 Å². The van der Waals surface area contributed by atoms with Crippen molar-refractivity contribution in [2.45, 2.75) is 31.0 Å². The summed E-state index contributed by atoms with van der Waals surface area (Å²) in [7, 11) is 0. The van der Waals surface area contributed by atoms with E-state index in [1.807, 2.05) is 0 Å². The van der Waals surface area contributed by atoms with Crippen molar-refractivity contribution in [2.24, 2.45) is 0 Å². The maximum absolute atomic E-state index is 11.6. The Balaban J connectivity index is 2.22. The van der Waals surface area contributed by atoms with Gasteiger partial charge in [-0.3, -0.25) is 4.57 Å². The summed E-state index contributed by atoms with van der Waals surface area (Å²) in [6.45, 7) is 0. The average molecular weight is 251 g/mol. The summed E-state index contributed by atoms with van der Waals surface area (Å²) in [6, 6.07) is 1.45. The van der Waals surface area contributed by atoms with Gasteiger partial charge in [0.2, 0.25) is 0 Å². The number of aliphatic hydroxyl groups is 2. The fourth-order valence-corrected chi connectivity index (χ4v) is 1.87. The van der Waals surface area contributed by atoms with E-state index in [9.17, 15) is 15.0 Å².